The highest BCUT2D eigenvalue weighted by atomic mass is 35.5. The van der Waals surface area contributed by atoms with E-state index in [4.69, 9.17) is 26.2 Å². The summed E-state index contributed by atoms with van der Waals surface area (Å²) >= 11 is 11.9. The summed E-state index contributed by atoms with van der Waals surface area (Å²) in [7, 11) is 0. The van der Waals surface area contributed by atoms with E-state index in [9.17, 15) is 0 Å². The molecule has 0 spiro atoms. The standard InChI is InChI=1S/C12H9ClN2.C12H7ClN2.CH4.H2/c2*13-10-3-4-11-8(5-10)1-2-9-6-14-7-15-12(9)11;;/h3-7H,1-2H2;1-7H;1H4;1H/i;;;1+1D. The molecule has 6 rings (SSSR count). The largest absolute Gasteiger partial charge is 0.244 e. The van der Waals surface area contributed by atoms with Crippen molar-refractivity contribution in [2.75, 3.05) is 0 Å². The lowest BCUT2D eigenvalue weighted by Crippen LogP contribution is -2.05. The van der Waals surface area contributed by atoms with Gasteiger partial charge in [-0.05, 0) is 53.6 Å². The molecular weight excluding hydrogens is 427 g/mol. The molecule has 0 N–H and O–H groups in total. The molecule has 0 bridgehead atoms. The summed E-state index contributed by atoms with van der Waals surface area (Å²) in [4.78, 5) is 16.7. The second kappa shape index (κ2) is 8.96. The molecule has 2 heterocycles. The van der Waals surface area contributed by atoms with Gasteiger partial charge in [-0.25, -0.2) is 19.9 Å². The van der Waals surface area contributed by atoms with Crippen molar-refractivity contribution in [3.63, 3.8) is 0 Å². The zero-order chi connectivity index (χ0) is 22.5. The number of fused-ring (bicyclic) bond motifs is 6. The monoisotopic (exact) mass is 450 g/mol. The number of rotatable bonds is 0. The Morgan fingerprint density at radius 3 is 2.35 bits per heavy atom. The van der Waals surface area contributed by atoms with Crippen molar-refractivity contribution in [1.29, 1.82) is 0 Å². The van der Waals surface area contributed by atoms with Gasteiger partial charge in [0.2, 0.25) is 0 Å². The Labute approximate surface area is 194 Å². The third-order valence-electron chi connectivity index (χ3n) is 5.23. The van der Waals surface area contributed by atoms with E-state index in [1.165, 1.54) is 16.7 Å². The van der Waals surface area contributed by atoms with E-state index >= 15 is 0 Å². The van der Waals surface area contributed by atoms with Gasteiger partial charge in [0, 0.05) is 41.7 Å². The second-order valence-electron chi connectivity index (χ2n) is 7.09. The first kappa shape index (κ1) is 19.9. The van der Waals surface area contributed by atoms with Crippen molar-refractivity contribution in [2.45, 2.75) is 20.3 Å². The van der Waals surface area contributed by atoms with Gasteiger partial charge in [-0.15, -0.1) is 0 Å². The van der Waals surface area contributed by atoms with Crippen molar-refractivity contribution in [3.8, 4) is 11.3 Å². The van der Waals surface area contributed by atoms with Gasteiger partial charge in [-0.1, -0.05) is 54.9 Å². The zero-order valence-electron chi connectivity index (χ0n) is 17.9. The molecule has 1 aliphatic rings. The summed E-state index contributed by atoms with van der Waals surface area (Å²) in [6, 6.07) is 15.8. The summed E-state index contributed by atoms with van der Waals surface area (Å²) < 4.78 is 10.0. The minimum absolute atomic E-state index is 0. The van der Waals surface area contributed by atoms with Crippen LogP contribution in [-0.2, 0) is 12.8 Å². The lowest BCUT2D eigenvalue weighted by atomic mass is 9.90. The van der Waals surface area contributed by atoms with Crippen LogP contribution in [0, 0.1) is 0 Å². The third kappa shape index (κ3) is 4.22. The molecule has 0 atom stereocenters. The van der Waals surface area contributed by atoms with Gasteiger partial charge in [-0.2, -0.15) is 0 Å². The molecule has 2 aromatic heterocycles. The van der Waals surface area contributed by atoms with Crippen molar-refractivity contribution in [3.05, 3.63) is 94.8 Å². The Hall–Kier alpha value is -3.08. The number of nitrogens with zero attached hydrogens (tertiary/aromatic N) is 4. The fourth-order valence-electron chi connectivity index (χ4n) is 3.81. The molecule has 0 fully saturated rings. The summed E-state index contributed by atoms with van der Waals surface area (Å²) in [5, 5.41) is 4.81. The highest BCUT2D eigenvalue weighted by Crippen LogP contribution is 2.32. The van der Waals surface area contributed by atoms with Crippen molar-refractivity contribution < 1.29 is 2.97 Å². The van der Waals surface area contributed by atoms with E-state index in [-0.39, 0.29) is 7.43 Å². The van der Waals surface area contributed by atoms with E-state index in [1.54, 1.807) is 12.7 Å². The van der Waals surface area contributed by atoms with Crippen LogP contribution in [0.2, 0.25) is 10.0 Å². The van der Waals surface area contributed by atoms with E-state index in [0.717, 1.165) is 50.3 Å². The maximum atomic E-state index is 5.97. The summed E-state index contributed by atoms with van der Waals surface area (Å²) in [6.45, 7) is 0. The molecule has 5 aromatic rings. The maximum Gasteiger partial charge on any atom is 0.116 e. The van der Waals surface area contributed by atoms with Gasteiger partial charge in [0.15, 0.2) is 0 Å². The van der Waals surface area contributed by atoms with Gasteiger partial charge in [0.25, 0.3) is 0 Å². The van der Waals surface area contributed by atoms with Crippen LogP contribution in [0.4, 0.5) is 0 Å². The van der Waals surface area contributed by atoms with Crippen LogP contribution in [0.3, 0.4) is 0 Å². The second-order valence-corrected chi connectivity index (χ2v) is 7.96. The van der Waals surface area contributed by atoms with E-state index < -0.39 is 0 Å². The smallest absolute Gasteiger partial charge is 0.116 e. The van der Waals surface area contributed by atoms with E-state index in [0.29, 0.717) is 0 Å². The normalized spacial score (nSPS) is 11.9. The summed E-state index contributed by atoms with van der Waals surface area (Å²) in [5.41, 5.74) is 5.74. The quantitative estimate of drug-likeness (QED) is 0.233. The van der Waals surface area contributed by atoms with Gasteiger partial charge in [0.1, 0.15) is 12.7 Å². The number of hydrogen-bond donors (Lipinski definition) is 0. The fraction of sp³-hybridized carbons (Fsp3) is 0.120. The molecule has 0 aliphatic heterocycles. The van der Waals surface area contributed by atoms with Gasteiger partial charge in [-0.3, -0.25) is 0 Å². The summed E-state index contributed by atoms with van der Waals surface area (Å²) in [5.74, 6) is 0. The Bertz CT molecular complexity index is 1400. The third-order valence-corrected chi connectivity index (χ3v) is 5.70. The first-order valence-corrected chi connectivity index (χ1v) is 10.3. The van der Waals surface area contributed by atoms with Crippen LogP contribution in [0.15, 0.2) is 73.6 Å². The first-order chi connectivity index (χ1) is 15.7. The van der Waals surface area contributed by atoms with E-state index in [1.807, 2.05) is 60.9 Å². The Morgan fingerprint density at radius 2 is 1.45 bits per heavy atom. The van der Waals surface area contributed by atoms with Crippen LogP contribution in [-0.4, -0.2) is 19.9 Å². The molecule has 4 nitrogen and oxygen atoms in total. The molecular formula is C25H22Cl2N4. The lowest BCUT2D eigenvalue weighted by molar-refractivity contribution is 0.910. The first-order valence-electron chi connectivity index (χ1n) is 10.5. The van der Waals surface area contributed by atoms with Gasteiger partial charge in [0.05, 0.1) is 11.2 Å². The van der Waals surface area contributed by atoms with Crippen LogP contribution in [0.5, 0.6) is 0 Å². The minimum Gasteiger partial charge on any atom is -0.244 e. The Kier molecular flexibility index (Phi) is 5.74. The average molecular weight is 451 g/mol. The maximum absolute atomic E-state index is 5.97. The number of aromatic nitrogens is 4. The highest BCUT2D eigenvalue weighted by Gasteiger charge is 2.16. The Balaban J connectivity index is 0.000000168. The van der Waals surface area contributed by atoms with Crippen LogP contribution in [0.25, 0.3) is 32.9 Å². The van der Waals surface area contributed by atoms with Crippen molar-refractivity contribution >= 4 is 44.9 Å². The fourth-order valence-corrected chi connectivity index (χ4v) is 4.18. The average Bonchev–Trinajstić information content (AvgIpc) is 2.85. The molecule has 0 saturated carbocycles. The predicted molar refractivity (Wildman–Crippen MR) is 131 cm³/mol. The van der Waals surface area contributed by atoms with Crippen LogP contribution >= 0.6 is 23.2 Å². The molecule has 156 valence electrons. The molecule has 6 heteroatoms. The van der Waals surface area contributed by atoms with Gasteiger partial charge < -0.3 is 0 Å². The topological polar surface area (TPSA) is 51.6 Å². The van der Waals surface area contributed by atoms with Crippen molar-refractivity contribution in [2.24, 2.45) is 0 Å². The van der Waals surface area contributed by atoms with E-state index in [2.05, 4.69) is 19.9 Å². The number of halogens is 2. The highest BCUT2D eigenvalue weighted by molar-refractivity contribution is 6.31. The predicted octanol–water partition coefficient (Wildman–Crippen LogP) is 7.21. The molecule has 0 radical (unpaired) electrons. The van der Waals surface area contributed by atoms with Gasteiger partial charge >= 0.3 is 0 Å². The molecule has 1 aliphatic carbocycles. The number of aryl methyl sites for hydroxylation is 2. The Morgan fingerprint density at radius 1 is 0.742 bits per heavy atom. The molecule has 31 heavy (non-hydrogen) atoms. The summed E-state index contributed by atoms with van der Waals surface area (Å²) in [6.07, 6.45) is 8.91. The van der Waals surface area contributed by atoms with Crippen LogP contribution in [0.1, 0.15) is 21.5 Å². The number of hydrogen-bond acceptors (Lipinski definition) is 4. The zero-order valence-corrected chi connectivity index (χ0v) is 17.4. The molecule has 0 amide bonds. The number of benzene rings is 3. The molecule has 0 unspecified atom stereocenters. The molecule has 0 saturated heterocycles. The molecule has 3 aromatic carbocycles. The SMILES string of the molecule is C.Clc1ccc2c(c1)CCc1cncnc1-2.Clc1ccc2c(ccc3cncnc32)c1.[2H][2H]. The van der Waals surface area contributed by atoms with Crippen molar-refractivity contribution in [1.82, 2.24) is 19.9 Å². The minimum atomic E-state index is 0. The van der Waals surface area contributed by atoms with Crippen LogP contribution < -0.4 is 0 Å². The lowest BCUT2D eigenvalue weighted by Gasteiger charge is -2.17.